The fourth-order valence-electron chi connectivity index (χ4n) is 2.08. The van der Waals surface area contributed by atoms with Gasteiger partial charge in [0.2, 0.25) is 11.0 Å². The fourth-order valence-corrected chi connectivity index (χ4v) is 4.62. The molecule has 3 rings (SSSR count). The van der Waals surface area contributed by atoms with Gasteiger partial charge in [0.05, 0.1) is 7.11 Å². The number of carbonyl (C=O) groups is 1. The number of carbonyl (C=O) groups excluding carboxylic acids is 1. The molecule has 0 bridgehead atoms. The summed E-state index contributed by atoms with van der Waals surface area (Å²) in [7, 11) is 1.64. The number of nitrogens with zero attached hydrogens (tertiary/aromatic N) is 2. The van der Waals surface area contributed by atoms with Gasteiger partial charge in [0.1, 0.15) is 5.75 Å². The van der Waals surface area contributed by atoms with Gasteiger partial charge in [-0.2, -0.15) is 0 Å². The first-order valence-electron chi connectivity index (χ1n) is 7.64. The van der Waals surface area contributed by atoms with Crippen molar-refractivity contribution in [2.24, 2.45) is 0 Å². The number of rotatable bonds is 8. The second-order valence-electron chi connectivity index (χ2n) is 5.14. The number of methoxy groups -OCH3 is 1. The van der Waals surface area contributed by atoms with Gasteiger partial charge in [0, 0.05) is 17.1 Å². The van der Waals surface area contributed by atoms with Crippen LogP contribution in [0.5, 0.6) is 5.75 Å². The van der Waals surface area contributed by atoms with E-state index >= 15 is 0 Å². The van der Waals surface area contributed by atoms with Crippen LogP contribution in [-0.4, -0.2) is 23.2 Å². The summed E-state index contributed by atoms with van der Waals surface area (Å²) in [5, 5.41) is 13.6. The quantitative estimate of drug-likeness (QED) is 0.453. The number of hydrogen-bond donors (Lipinski definition) is 1. The Morgan fingerprint density at radius 3 is 2.80 bits per heavy atom. The lowest BCUT2D eigenvalue weighted by molar-refractivity contribution is -0.116. The van der Waals surface area contributed by atoms with Crippen LogP contribution < -0.4 is 10.1 Å². The zero-order valence-corrected chi connectivity index (χ0v) is 16.0. The lowest BCUT2D eigenvalue weighted by Gasteiger charge is -2.03. The van der Waals surface area contributed by atoms with Crippen LogP contribution in [0.3, 0.4) is 0 Å². The van der Waals surface area contributed by atoms with Gasteiger partial charge in [-0.15, -0.1) is 21.5 Å². The Morgan fingerprint density at radius 2 is 2.08 bits per heavy atom. The molecule has 0 spiro atoms. The van der Waals surface area contributed by atoms with Crippen molar-refractivity contribution in [1.82, 2.24) is 10.2 Å². The maximum absolute atomic E-state index is 12.1. The molecule has 1 aromatic carbocycles. The molecule has 1 N–H and O–H groups in total. The molecule has 2 aromatic heterocycles. The molecule has 3 aromatic rings. The summed E-state index contributed by atoms with van der Waals surface area (Å²) in [6.07, 6.45) is 1.08. The predicted octanol–water partition coefficient (Wildman–Crippen LogP) is 4.47. The lowest BCUT2D eigenvalue weighted by Crippen LogP contribution is -2.12. The second-order valence-corrected chi connectivity index (χ2v) is 8.37. The van der Waals surface area contributed by atoms with Gasteiger partial charge in [-0.1, -0.05) is 41.3 Å². The van der Waals surface area contributed by atoms with Crippen LogP contribution in [0.15, 0.2) is 46.1 Å². The summed E-state index contributed by atoms with van der Waals surface area (Å²) < 4.78 is 5.99. The molecule has 0 unspecified atom stereocenters. The second kappa shape index (κ2) is 8.98. The maximum atomic E-state index is 12.1. The maximum Gasteiger partial charge on any atom is 0.226 e. The smallest absolute Gasteiger partial charge is 0.226 e. The van der Waals surface area contributed by atoms with E-state index < -0.39 is 0 Å². The van der Waals surface area contributed by atoms with Gasteiger partial charge in [-0.25, -0.2) is 0 Å². The zero-order valence-electron chi connectivity index (χ0n) is 13.6. The number of aromatic nitrogens is 2. The topological polar surface area (TPSA) is 64.1 Å². The Kier molecular flexibility index (Phi) is 6.43. The minimum atomic E-state index is -0.0539. The number of anilines is 1. The van der Waals surface area contributed by atoms with Gasteiger partial charge in [-0.3, -0.25) is 4.79 Å². The number of thiophene rings is 1. The lowest BCUT2D eigenvalue weighted by atomic mass is 10.1. The van der Waals surface area contributed by atoms with Gasteiger partial charge >= 0.3 is 0 Å². The summed E-state index contributed by atoms with van der Waals surface area (Å²) in [5.74, 6) is 1.63. The van der Waals surface area contributed by atoms with Crippen LogP contribution in [0.25, 0.3) is 0 Å². The standard InChI is InChI=1S/C17H17N3O2S3/c1-22-13-7-4-12(5-8-13)6-9-15(21)18-16-19-20-17(25-16)24-11-14-3-2-10-23-14/h2-5,7-8,10H,6,9,11H2,1H3,(H,18,19,21). The minimum absolute atomic E-state index is 0.0539. The highest BCUT2D eigenvalue weighted by atomic mass is 32.2. The predicted molar refractivity (Wildman–Crippen MR) is 104 cm³/mol. The average Bonchev–Trinajstić information content (AvgIpc) is 3.30. The molecule has 130 valence electrons. The molecule has 0 aliphatic rings. The Hall–Kier alpha value is -1.90. The number of amides is 1. The van der Waals surface area contributed by atoms with E-state index in [9.17, 15) is 4.79 Å². The summed E-state index contributed by atoms with van der Waals surface area (Å²) >= 11 is 4.76. The largest absolute Gasteiger partial charge is 0.497 e. The van der Waals surface area contributed by atoms with Crippen molar-refractivity contribution in [2.75, 3.05) is 12.4 Å². The van der Waals surface area contributed by atoms with Crippen LogP contribution >= 0.6 is 34.4 Å². The van der Waals surface area contributed by atoms with Crippen molar-refractivity contribution < 1.29 is 9.53 Å². The number of hydrogen-bond acceptors (Lipinski definition) is 7. The first-order chi connectivity index (χ1) is 12.2. The molecule has 1 amide bonds. The number of nitrogens with one attached hydrogen (secondary N) is 1. The van der Waals surface area contributed by atoms with Crippen molar-refractivity contribution in [3.63, 3.8) is 0 Å². The normalized spacial score (nSPS) is 10.6. The molecule has 0 aliphatic carbocycles. The molecule has 0 radical (unpaired) electrons. The summed E-state index contributed by atoms with van der Waals surface area (Å²) in [6.45, 7) is 0. The average molecular weight is 392 g/mol. The molecule has 25 heavy (non-hydrogen) atoms. The van der Waals surface area contributed by atoms with Gasteiger partial charge in [0.15, 0.2) is 4.34 Å². The van der Waals surface area contributed by atoms with E-state index in [-0.39, 0.29) is 5.91 Å². The van der Waals surface area contributed by atoms with Gasteiger partial charge in [-0.05, 0) is 35.6 Å². The van der Waals surface area contributed by atoms with Crippen LogP contribution in [-0.2, 0) is 17.0 Å². The summed E-state index contributed by atoms with van der Waals surface area (Å²) in [5.41, 5.74) is 1.10. The number of thioether (sulfide) groups is 1. The molecule has 0 aliphatic heterocycles. The minimum Gasteiger partial charge on any atom is -0.497 e. The van der Waals surface area contributed by atoms with E-state index in [2.05, 4.69) is 27.0 Å². The van der Waals surface area contributed by atoms with Crippen molar-refractivity contribution in [3.8, 4) is 5.75 Å². The zero-order chi connectivity index (χ0) is 17.5. The molecular weight excluding hydrogens is 374 g/mol. The molecule has 0 saturated carbocycles. The Balaban J connectivity index is 1.44. The van der Waals surface area contributed by atoms with E-state index in [1.165, 1.54) is 16.2 Å². The third kappa shape index (κ3) is 5.55. The highest BCUT2D eigenvalue weighted by molar-refractivity contribution is 8.00. The summed E-state index contributed by atoms with van der Waals surface area (Å²) in [6, 6.07) is 11.9. The first kappa shape index (κ1) is 17.9. The van der Waals surface area contributed by atoms with Crippen LogP contribution in [0, 0.1) is 0 Å². The fraction of sp³-hybridized carbons (Fsp3) is 0.235. The van der Waals surface area contributed by atoms with Gasteiger partial charge in [0.25, 0.3) is 0 Å². The molecule has 0 saturated heterocycles. The van der Waals surface area contributed by atoms with Crippen molar-refractivity contribution in [1.29, 1.82) is 0 Å². The first-order valence-corrected chi connectivity index (χ1v) is 10.3. The Morgan fingerprint density at radius 1 is 1.24 bits per heavy atom. The van der Waals surface area contributed by atoms with E-state index in [4.69, 9.17) is 4.74 Å². The van der Waals surface area contributed by atoms with E-state index in [0.29, 0.717) is 18.0 Å². The molecule has 0 fully saturated rings. The Bertz CT molecular complexity index is 801. The number of ether oxygens (including phenoxy) is 1. The third-order valence-electron chi connectivity index (χ3n) is 3.37. The van der Waals surface area contributed by atoms with E-state index in [1.807, 2.05) is 30.3 Å². The van der Waals surface area contributed by atoms with Crippen LogP contribution in [0.4, 0.5) is 5.13 Å². The van der Waals surface area contributed by atoms with Crippen molar-refractivity contribution in [3.05, 3.63) is 52.2 Å². The molecule has 0 atom stereocenters. The molecule has 2 heterocycles. The summed E-state index contributed by atoms with van der Waals surface area (Å²) in [4.78, 5) is 13.4. The molecule has 8 heteroatoms. The molecular formula is C17H17N3O2S3. The van der Waals surface area contributed by atoms with Crippen molar-refractivity contribution >= 4 is 45.5 Å². The highest BCUT2D eigenvalue weighted by Gasteiger charge is 2.09. The van der Waals surface area contributed by atoms with E-state index in [1.54, 1.807) is 30.2 Å². The van der Waals surface area contributed by atoms with Crippen LogP contribution in [0.2, 0.25) is 0 Å². The monoisotopic (exact) mass is 391 g/mol. The number of benzene rings is 1. The number of aryl methyl sites for hydroxylation is 1. The SMILES string of the molecule is COc1ccc(CCC(=O)Nc2nnc(SCc3cccs3)s2)cc1. The van der Waals surface area contributed by atoms with E-state index in [0.717, 1.165) is 21.4 Å². The Labute approximate surface area is 158 Å². The highest BCUT2D eigenvalue weighted by Crippen LogP contribution is 2.29. The van der Waals surface area contributed by atoms with Gasteiger partial charge < -0.3 is 10.1 Å². The van der Waals surface area contributed by atoms with Crippen LogP contribution in [0.1, 0.15) is 16.9 Å². The molecule has 5 nitrogen and oxygen atoms in total. The van der Waals surface area contributed by atoms with Crippen molar-refractivity contribution in [2.45, 2.75) is 22.9 Å². The third-order valence-corrected chi connectivity index (χ3v) is 6.45.